The Bertz CT molecular complexity index is 1490. The van der Waals surface area contributed by atoms with E-state index in [0.717, 1.165) is 40.4 Å². The molecule has 0 unspecified atom stereocenters. The fourth-order valence-corrected chi connectivity index (χ4v) is 6.19. The van der Waals surface area contributed by atoms with E-state index >= 15 is 4.39 Å². The number of carbonyl (C=O) groups is 1. The molecule has 1 amide bonds. The van der Waals surface area contributed by atoms with Gasteiger partial charge in [0, 0.05) is 23.4 Å². The van der Waals surface area contributed by atoms with Crippen LogP contribution in [0.1, 0.15) is 44.4 Å². The summed E-state index contributed by atoms with van der Waals surface area (Å²) < 4.78 is 20.8. The Balaban J connectivity index is 1.53. The zero-order valence-electron chi connectivity index (χ0n) is 22.9. The van der Waals surface area contributed by atoms with E-state index in [1.807, 2.05) is 60.7 Å². The number of rotatable bonds is 6. The summed E-state index contributed by atoms with van der Waals surface area (Å²) in [6, 6.07) is 20.6. The number of amides is 1. The molecule has 2 heterocycles. The monoisotopic (exact) mass is 541 g/mol. The number of hydrogen-bond acceptors (Lipinski definition) is 5. The highest BCUT2D eigenvalue weighted by atomic mass is 32.2. The van der Waals surface area contributed by atoms with E-state index in [2.05, 4.69) is 38.7 Å². The Morgan fingerprint density at radius 1 is 1.08 bits per heavy atom. The van der Waals surface area contributed by atoms with Crippen molar-refractivity contribution in [2.24, 2.45) is 4.99 Å². The molecule has 0 N–H and O–H groups in total. The second kappa shape index (κ2) is 10.7. The van der Waals surface area contributed by atoms with Crippen molar-refractivity contribution >= 4 is 45.9 Å². The molecule has 1 saturated heterocycles. The van der Waals surface area contributed by atoms with Gasteiger partial charge >= 0.3 is 0 Å². The van der Waals surface area contributed by atoms with E-state index in [9.17, 15) is 4.79 Å². The van der Waals surface area contributed by atoms with Crippen LogP contribution in [-0.2, 0) is 11.3 Å². The van der Waals surface area contributed by atoms with Crippen LogP contribution in [-0.4, -0.2) is 35.2 Å². The van der Waals surface area contributed by atoms with E-state index in [-0.39, 0.29) is 17.3 Å². The van der Waals surface area contributed by atoms with Gasteiger partial charge in [0.05, 0.1) is 29.8 Å². The lowest BCUT2D eigenvalue weighted by molar-refractivity contribution is -0.122. The van der Waals surface area contributed by atoms with Crippen LogP contribution in [0, 0.1) is 5.82 Å². The SMILES string of the molecule is CCN1c2cc(F)c(/C=C3/SC(=Nc4ccccc4)N(Cc4ccc(OC)cc4)C3=O)cc2C(C)=CC1(C)C. The molecule has 0 radical (unpaired) electrons. The lowest BCUT2D eigenvalue weighted by Gasteiger charge is -2.42. The largest absolute Gasteiger partial charge is 0.497 e. The number of amidine groups is 1. The number of carbonyl (C=O) groups excluding carboxylic acids is 1. The summed E-state index contributed by atoms with van der Waals surface area (Å²) in [6.45, 7) is 9.50. The summed E-state index contributed by atoms with van der Waals surface area (Å²) in [6.07, 6.45) is 3.87. The third kappa shape index (κ3) is 5.36. The van der Waals surface area contributed by atoms with Crippen LogP contribution in [0.4, 0.5) is 15.8 Å². The molecular weight excluding hydrogens is 509 g/mol. The van der Waals surface area contributed by atoms with E-state index in [1.165, 1.54) is 11.8 Å². The van der Waals surface area contributed by atoms with Crippen molar-refractivity contribution in [3.63, 3.8) is 0 Å². The van der Waals surface area contributed by atoms with Gasteiger partial charge in [0.15, 0.2) is 5.17 Å². The van der Waals surface area contributed by atoms with Crippen LogP contribution >= 0.6 is 11.8 Å². The molecule has 0 spiro atoms. The topological polar surface area (TPSA) is 45.1 Å². The van der Waals surface area contributed by atoms with Crippen molar-refractivity contribution in [1.82, 2.24) is 4.90 Å². The predicted octanol–water partition coefficient (Wildman–Crippen LogP) is 7.66. The molecule has 0 aromatic heterocycles. The molecular formula is C32H32FN3O2S. The number of methoxy groups -OCH3 is 1. The minimum Gasteiger partial charge on any atom is -0.497 e. The van der Waals surface area contributed by atoms with Crippen LogP contribution in [0.15, 0.2) is 82.7 Å². The van der Waals surface area contributed by atoms with Crippen molar-refractivity contribution in [2.45, 2.75) is 39.8 Å². The number of ether oxygens (including phenoxy) is 1. The molecule has 0 atom stereocenters. The fourth-order valence-electron chi connectivity index (χ4n) is 5.20. The second-order valence-corrected chi connectivity index (χ2v) is 11.2. The van der Waals surface area contributed by atoms with Gasteiger partial charge in [-0.15, -0.1) is 0 Å². The van der Waals surface area contributed by atoms with Crippen LogP contribution < -0.4 is 9.64 Å². The third-order valence-electron chi connectivity index (χ3n) is 7.07. The minimum absolute atomic E-state index is 0.203. The summed E-state index contributed by atoms with van der Waals surface area (Å²) >= 11 is 1.27. The maximum Gasteiger partial charge on any atom is 0.267 e. The minimum atomic E-state index is -0.353. The molecule has 3 aromatic carbocycles. The first kappa shape index (κ1) is 26.8. The molecule has 200 valence electrons. The summed E-state index contributed by atoms with van der Waals surface area (Å²) in [5.41, 5.74) is 4.82. The first-order valence-corrected chi connectivity index (χ1v) is 13.8. The zero-order valence-corrected chi connectivity index (χ0v) is 23.7. The number of benzene rings is 3. The number of nitrogens with zero attached hydrogens (tertiary/aromatic N) is 3. The Morgan fingerprint density at radius 3 is 2.46 bits per heavy atom. The molecule has 39 heavy (non-hydrogen) atoms. The van der Waals surface area contributed by atoms with Gasteiger partial charge in [0.1, 0.15) is 11.6 Å². The summed E-state index contributed by atoms with van der Waals surface area (Å²) in [5, 5.41) is 0.557. The Labute approximate surface area is 233 Å². The second-order valence-electron chi connectivity index (χ2n) is 10.2. The van der Waals surface area contributed by atoms with Crippen molar-refractivity contribution in [3.8, 4) is 5.75 Å². The van der Waals surface area contributed by atoms with Gasteiger partial charge in [-0.25, -0.2) is 9.38 Å². The molecule has 0 saturated carbocycles. The normalized spacial score (nSPS) is 18.5. The van der Waals surface area contributed by atoms with Crippen molar-refractivity contribution < 1.29 is 13.9 Å². The molecule has 0 aliphatic carbocycles. The summed E-state index contributed by atoms with van der Waals surface area (Å²) in [5.74, 6) is 0.192. The molecule has 7 heteroatoms. The highest BCUT2D eigenvalue weighted by Crippen LogP contribution is 2.41. The van der Waals surface area contributed by atoms with Crippen LogP contribution in [0.25, 0.3) is 11.6 Å². The number of hydrogen-bond donors (Lipinski definition) is 0. The summed E-state index contributed by atoms with van der Waals surface area (Å²) in [4.78, 5) is 22.7. The lowest BCUT2D eigenvalue weighted by Crippen LogP contribution is -2.45. The quantitative estimate of drug-likeness (QED) is 0.301. The maximum atomic E-state index is 15.5. The third-order valence-corrected chi connectivity index (χ3v) is 8.07. The molecule has 5 rings (SSSR count). The van der Waals surface area contributed by atoms with Crippen molar-refractivity contribution in [1.29, 1.82) is 0 Å². The lowest BCUT2D eigenvalue weighted by atomic mass is 9.88. The number of likely N-dealkylation sites (N-methyl/N-ethyl adjacent to an activating group) is 1. The Kier molecular flexibility index (Phi) is 7.36. The molecule has 2 aliphatic rings. The molecule has 1 fully saturated rings. The molecule has 2 aliphatic heterocycles. The maximum absolute atomic E-state index is 15.5. The molecule has 5 nitrogen and oxygen atoms in total. The number of para-hydroxylation sites is 1. The number of aliphatic imine (C=N–C) groups is 1. The fraction of sp³-hybridized carbons (Fsp3) is 0.250. The number of thioether (sulfide) groups is 1. The molecule has 3 aromatic rings. The van der Waals surface area contributed by atoms with Crippen molar-refractivity contribution in [2.75, 3.05) is 18.6 Å². The summed E-state index contributed by atoms with van der Waals surface area (Å²) in [7, 11) is 1.62. The van der Waals surface area contributed by atoms with Gasteiger partial charge in [-0.05, 0) is 93.1 Å². The Hall–Kier alpha value is -3.84. The number of allylic oxidation sites excluding steroid dienone is 1. The van der Waals surface area contributed by atoms with E-state index in [0.29, 0.717) is 22.2 Å². The van der Waals surface area contributed by atoms with Crippen LogP contribution in [0.5, 0.6) is 5.75 Å². The predicted molar refractivity (Wildman–Crippen MR) is 160 cm³/mol. The van der Waals surface area contributed by atoms with Gasteiger partial charge in [-0.2, -0.15) is 0 Å². The highest BCUT2D eigenvalue weighted by molar-refractivity contribution is 8.18. The Morgan fingerprint density at radius 2 is 1.79 bits per heavy atom. The number of fused-ring (bicyclic) bond motifs is 1. The average Bonchev–Trinajstić information content (AvgIpc) is 3.19. The number of anilines is 1. The standard InChI is InChI=1S/C32H32FN3O2S/c1-6-36-28-18-27(33)23(16-26(28)21(2)19-32(36,3)4)17-29-30(37)35(20-22-12-14-25(38-5)15-13-22)31(39-29)34-24-10-8-7-9-11-24/h7-19H,6,20H2,1-5H3/b29-17+,34-31?. The van der Waals surface area contributed by atoms with Crippen LogP contribution in [0.3, 0.4) is 0 Å². The molecule has 0 bridgehead atoms. The highest BCUT2D eigenvalue weighted by Gasteiger charge is 2.35. The van der Waals surface area contributed by atoms with Gasteiger partial charge in [0.2, 0.25) is 0 Å². The average molecular weight is 542 g/mol. The first-order valence-electron chi connectivity index (χ1n) is 13.0. The van der Waals surface area contributed by atoms with Gasteiger partial charge in [-0.1, -0.05) is 36.4 Å². The first-order chi connectivity index (χ1) is 18.7. The van der Waals surface area contributed by atoms with Crippen LogP contribution in [0.2, 0.25) is 0 Å². The van der Waals surface area contributed by atoms with E-state index < -0.39 is 0 Å². The number of halogens is 1. The van der Waals surface area contributed by atoms with E-state index in [4.69, 9.17) is 9.73 Å². The zero-order chi connectivity index (χ0) is 27.7. The van der Waals surface area contributed by atoms with E-state index in [1.54, 1.807) is 24.2 Å². The van der Waals surface area contributed by atoms with Gasteiger partial charge in [-0.3, -0.25) is 9.69 Å². The smallest absolute Gasteiger partial charge is 0.267 e. The van der Waals surface area contributed by atoms with Gasteiger partial charge in [0.25, 0.3) is 5.91 Å². The van der Waals surface area contributed by atoms with Crippen molar-refractivity contribution in [3.05, 3.63) is 100 Å². The van der Waals surface area contributed by atoms with Gasteiger partial charge < -0.3 is 9.64 Å².